The summed E-state index contributed by atoms with van der Waals surface area (Å²) >= 11 is 0. The SMILES string of the molecule is CCC(=O)NCc1cc(C)cc(C)c1. The van der Waals surface area contributed by atoms with E-state index in [0.29, 0.717) is 13.0 Å². The van der Waals surface area contributed by atoms with Crippen molar-refractivity contribution in [3.8, 4) is 0 Å². The van der Waals surface area contributed by atoms with Gasteiger partial charge in [0, 0.05) is 13.0 Å². The molecule has 0 fully saturated rings. The van der Waals surface area contributed by atoms with E-state index in [9.17, 15) is 4.79 Å². The molecule has 0 saturated carbocycles. The van der Waals surface area contributed by atoms with Crippen LogP contribution in [0.3, 0.4) is 0 Å². The lowest BCUT2D eigenvalue weighted by Crippen LogP contribution is -2.21. The fourth-order valence-corrected chi connectivity index (χ4v) is 1.50. The van der Waals surface area contributed by atoms with Crippen LogP contribution < -0.4 is 5.32 Å². The second kappa shape index (κ2) is 4.80. The van der Waals surface area contributed by atoms with Gasteiger partial charge in [0.25, 0.3) is 0 Å². The van der Waals surface area contributed by atoms with Crippen molar-refractivity contribution in [2.45, 2.75) is 33.7 Å². The summed E-state index contributed by atoms with van der Waals surface area (Å²) < 4.78 is 0. The molecule has 0 spiro atoms. The normalized spacial score (nSPS) is 9.93. The Morgan fingerprint density at radius 1 is 1.21 bits per heavy atom. The molecule has 2 heteroatoms. The maximum Gasteiger partial charge on any atom is 0.219 e. The standard InChI is InChI=1S/C12H17NO/c1-4-12(14)13-8-11-6-9(2)5-10(3)7-11/h5-7H,4,8H2,1-3H3,(H,13,14). The second-order valence-electron chi connectivity index (χ2n) is 3.63. The maximum absolute atomic E-state index is 11.0. The van der Waals surface area contributed by atoms with Crippen LogP contribution in [-0.4, -0.2) is 5.91 Å². The zero-order valence-electron chi connectivity index (χ0n) is 9.05. The van der Waals surface area contributed by atoms with Crippen molar-refractivity contribution >= 4 is 5.91 Å². The zero-order valence-corrected chi connectivity index (χ0v) is 9.05. The molecule has 1 N–H and O–H groups in total. The van der Waals surface area contributed by atoms with Gasteiger partial charge in [0.15, 0.2) is 0 Å². The molecular formula is C12H17NO. The molecule has 76 valence electrons. The summed E-state index contributed by atoms with van der Waals surface area (Å²) in [6.07, 6.45) is 0.546. The first-order chi connectivity index (χ1) is 6.61. The number of benzene rings is 1. The smallest absolute Gasteiger partial charge is 0.219 e. The van der Waals surface area contributed by atoms with E-state index in [-0.39, 0.29) is 5.91 Å². The molecule has 0 aliphatic carbocycles. The molecule has 1 amide bonds. The Morgan fingerprint density at radius 2 is 1.79 bits per heavy atom. The molecule has 0 bridgehead atoms. The average Bonchev–Trinajstić information content (AvgIpc) is 2.12. The number of nitrogens with one attached hydrogen (secondary N) is 1. The number of hydrogen-bond donors (Lipinski definition) is 1. The van der Waals surface area contributed by atoms with Gasteiger partial charge in [0.05, 0.1) is 0 Å². The molecule has 2 nitrogen and oxygen atoms in total. The van der Waals surface area contributed by atoms with Crippen LogP contribution in [0.5, 0.6) is 0 Å². The largest absolute Gasteiger partial charge is 0.352 e. The van der Waals surface area contributed by atoms with Crippen LogP contribution in [-0.2, 0) is 11.3 Å². The first kappa shape index (κ1) is 10.8. The summed E-state index contributed by atoms with van der Waals surface area (Å²) in [7, 11) is 0. The van der Waals surface area contributed by atoms with Gasteiger partial charge >= 0.3 is 0 Å². The minimum Gasteiger partial charge on any atom is -0.352 e. The van der Waals surface area contributed by atoms with E-state index >= 15 is 0 Å². The van der Waals surface area contributed by atoms with Crippen LogP contribution in [0.4, 0.5) is 0 Å². The third-order valence-corrected chi connectivity index (χ3v) is 2.09. The van der Waals surface area contributed by atoms with E-state index in [0.717, 1.165) is 0 Å². The maximum atomic E-state index is 11.0. The number of rotatable bonds is 3. The molecule has 1 aromatic rings. The second-order valence-corrected chi connectivity index (χ2v) is 3.63. The predicted octanol–water partition coefficient (Wildman–Crippen LogP) is 2.33. The molecule has 0 aromatic heterocycles. The van der Waals surface area contributed by atoms with Gasteiger partial charge in [-0.25, -0.2) is 0 Å². The number of carbonyl (C=O) groups is 1. The molecule has 0 radical (unpaired) electrons. The molecule has 0 aliphatic rings. The molecule has 0 saturated heterocycles. The highest BCUT2D eigenvalue weighted by Gasteiger charge is 1.98. The van der Waals surface area contributed by atoms with Gasteiger partial charge in [-0.3, -0.25) is 4.79 Å². The summed E-state index contributed by atoms with van der Waals surface area (Å²) in [5.74, 6) is 0.101. The van der Waals surface area contributed by atoms with Crippen LogP contribution in [0.2, 0.25) is 0 Å². The summed E-state index contributed by atoms with van der Waals surface area (Å²) in [6.45, 7) is 6.63. The van der Waals surface area contributed by atoms with Crippen LogP contribution in [0.15, 0.2) is 18.2 Å². The summed E-state index contributed by atoms with van der Waals surface area (Å²) in [5, 5.41) is 2.86. The fourth-order valence-electron chi connectivity index (χ4n) is 1.50. The van der Waals surface area contributed by atoms with E-state index in [2.05, 4.69) is 37.4 Å². The van der Waals surface area contributed by atoms with Crippen LogP contribution in [0.25, 0.3) is 0 Å². The van der Waals surface area contributed by atoms with E-state index < -0.39 is 0 Å². The van der Waals surface area contributed by atoms with Crippen LogP contribution >= 0.6 is 0 Å². The van der Waals surface area contributed by atoms with Crippen molar-refractivity contribution < 1.29 is 4.79 Å². The lowest BCUT2D eigenvalue weighted by atomic mass is 10.1. The van der Waals surface area contributed by atoms with Gasteiger partial charge in [-0.2, -0.15) is 0 Å². The highest BCUT2D eigenvalue weighted by molar-refractivity contribution is 5.75. The number of carbonyl (C=O) groups excluding carboxylic acids is 1. The van der Waals surface area contributed by atoms with E-state index in [4.69, 9.17) is 0 Å². The third kappa shape index (κ3) is 3.21. The molecular weight excluding hydrogens is 174 g/mol. The summed E-state index contributed by atoms with van der Waals surface area (Å²) in [6, 6.07) is 6.33. The third-order valence-electron chi connectivity index (χ3n) is 2.09. The summed E-state index contributed by atoms with van der Waals surface area (Å²) in [5.41, 5.74) is 3.65. The fraction of sp³-hybridized carbons (Fsp3) is 0.417. The quantitative estimate of drug-likeness (QED) is 0.780. The van der Waals surface area contributed by atoms with Crippen molar-refractivity contribution in [1.29, 1.82) is 0 Å². The lowest BCUT2D eigenvalue weighted by Gasteiger charge is -2.06. The van der Waals surface area contributed by atoms with Gasteiger partial charge in [0.1, 0.15) is 0 Å². The average molecular weight is 191 g/mol. The topological polar surface area (TPSA) is 29.1 Å². The number of amides is 1. The highest BCUT2D eigenvalue weighted by atomic mass is 16.1. The highest BCUT2D eigenvalue weighted by Crippen LogP contribution is 2.08. The van der Waals surface area contributed by atoms with Crippen LogP contribution in [0, 0.1) is 13.8 Å². The molecule has 1 aromatic carbocycles. The van der Waals surface area contributed by atoms with Gasteiger partial charge in [-0.05, 0) is 19.4 Å². The Kier molecular flexibility index (Phi) is 3.69. The van der Waals surface area contributed by atoms with E-state index in [1.54, 1.807) is 0 Å². The molecule has 1 rings (SSSR count). The zero-order chi connectivity index (χ0) is 10.6. The minimum absolute atomic E-state index is 0.101. The Labute approximate surface area is 85.3 Å². The minimum atomic E-state index is 0.101. The monoisotopic (exact) mass is 191 g/mol. The Bertz CT molecular complexity index is 311. The first-order valence-electron chi connectivity index (χ1n) is 4.95. The Balaban J connectivity index is 2.63. The molecule has 0 heterocycles. The van der Waals surface area contributed by atoms with Crippen molar-refractivity contribution in [3.05, 3.63) is 34.9 Å². The first-order valence-corrected chi connectivity index (χ1v) is 4.95. The molecule has 0 aliphatic heterocycles. The molecule has 0 unspecified atom stereocenters. The Hall–Kier alpha value is -1.31. The number of aryl methyl sites for hydroxylation is 2. The Morgan fingerprint density at radius 3 is 2.29 bits per heavy atom. The van der Waals surface area contributed by atoms with Crippen molar-refractivity contribution in [1.82, 2.24) is 5.32 Å². The van der Waals surface area contributed by atoms with E-state index in [1.165, 1.54) is 16.7 Å². The van der Waals surface area contributed by atoms with Crippen molar-refractivity contribution in [2.24, 2.45) is 0 Å². The molecule has 0 atom stereocenters. The lowest BCUT2D eigenvalue weighted by molar-refractivity contribution is -0.120. The number of hydrogen-bond acceptors (Lipinski definition) is 1. The van der Waals surface area contributed by atoms with Gasteiger partial charge in [-0.15, -0.1) is 0 Å². The van der Waals surface area contributed by atoms with Crippen molar-refractivity contribution in [3.63, 3.8) is 0 Å². The van der Waals surface area contributed by atoms with Gasteiger partial charge in [-0.1, -0.05) is 36.2 Å². The van der Waals surface area contributed by atoms with Gasteiger partial charge < -0.3 is 5.32 Å². The van der Waals surface area contributed by atoms with Crippen LogP contribution in [0.1, 0.15) is 30.0 Å². The summed E-state index contributed by atoms with van der Waals surface area (Å²) in [4.78, 5) is 11.0. The predicted molar refractivity (Wildman–Crippen MR) is 58.1 cm³/mol. The van der Waals surface area contributed by atoms with E-state index in [1.807, 2.05) is 6.92 Å². The molecule has 14 heavy (non-hydrogen) atoms. The van der Waals surface area contributed by atoms with Gasteiger partial charge in [0.2, 0.25) is 5.91 Å². The van der Waals surface area contributed by atoms with Crippen molar-refractivity contribution in [2.75, 3.05) is 0 Å².